The van der Waals surface area contributed by atoms with Gasteiger partial charge < -0.3 is 4.74 Å². The van der Waals surface area contributed by atoms with Crippen LogP contribution in [0.15, 0.2) is 24.3 Å². The molecule has 0 N–H and O–H groups in total. The Kier molecular flexibility index (Phi) is 19.8. The van der Waals surface area contributed by atoms with E-state index in [1.54, 1.807) is 0 Å². The van der Waals surface area contributed by atoms with Gasteiger partial charge in [0.15, 0.2) is 0 Å². The predicted octanol–water partition coefficient (Wildman–Crippen LogP) is 10.1. The standard InChI is InChI=1S/C36H61NO3/c1-3-5-7-9-11-14-19-34(20-15-12-10-8-6-4-2)31-40-36(39)23-16-13-17-28-37(35-21-18-22-35)29-32-24-26-33(30-38)27-25-32/h24-27,30,34-35H,3-23,28-29,31H2,1-2H3. The lowest BCUT2D eigenvalue weighted by Gasteiger charge is -2.37. The number of rotatable bonds is 26. The zero-order chi connectivity index (χ0) is 28.7. The number of aldehydes is 1. The average Bonchev–Trinajstić information content (AvgIpc) is 2.94. The molecule has 0 aliphatic heterocycles. The Morgan fingerprint density at radius 1 is 0.825 bits per heavy atom. The van der Waals surface area contributed by atoms with Crippen LogP contribution < -0.4 is 0 Å². The van der Waals surface area contributed by atoms with Gasteiger partial charge in [-0.05, 0) is 56.6 Å². The maximum absolute atomic E-state index is 12.5. The Bertz CT molecular complexity index is 742. The second kappa shape index (κ2) is 22.9. The predicted molar refractivity (Wildman–Crippen MR) is 169 cm³/mol. The van der Waals surface area contributed by atoms with Crippen molar-refractivity contribution in [3.8, 4) is 0 Å². The van der Waals surface area contributed by atoms with Crippen molar-refractivity contribution >= 4 is 12.3 Å². The molecule has 0 saturated heterocycles. The highest BCUT2D eigenvalue weighted by atomic mass is 16.5. The molecule has 1 fully saturated rings. The fraction of sp³-hybridized carbons (Fsp3) is 0.778. The van der Waals surface area contributed by atoms with Crippen LogP contribution in [0.25, 0.3) is 0 Å². The maximum Gasteiger partial charge on any atom is 0.305 e. The van der Waals surface area contributed by atoms with Crippen molar-refractivity contribution < 1.29 is 14.3 Å². The molecule has 2 rings (SSSR count). The summed E-state index contributed by atoms with van der Waals surface area (Å²) in [5, 5.41) is 0. The molecule has 1 aliphatic rings. The van der Waals surface area contributed by atoms with Crippen LogP contribution in [0.5, 0.6) is 0 Å². The molecule has 40 heavy (non-hydrogen) atoms. The zero-order valence-corrected chi connectivity index (χ0v) is 26.2. The van der Waals surface area contributed by atoms with Gasteiger partial charge in [0, 0.05) is 24.6 Å². The number of unbranched alkanes of at least 4 members (excludes halogenated alkanes) is 12. The van der Waals surface area contributed by atoms with Gasteiger partial charge in [-0.1, -0.05) is 128 Å². The van der Waals surface area contributed by atoms with E-state index in [1.165, 1.54) is 115 Å². The lowest BCUT2D eigenvalue weighted by atomic mass is 9.90. The van der Waals surface area contributed by atoms with Crippen LogP contribution in [-0.2, 0) is 16.1 Å². The third-order valence-electron chi connectivity index (χ3n) is 8.83. The van der Waals surface area contributed by atoms with Gasteiger partial charge in [0.25, 0.3) is 0 Å². The van der Waals surface area contributed by atoms with E-state index in [0.29, 0.717) is 25.0 Å². The van der Waals surface area contributed by atoms with E-state index in [9.17, 15) is 9.59 Å². The molecule has 0 radical (unpaired) electrons. The number of carbonyl (C=O) groups excluding carboxylic acids is 2. The minimum Gasteiger partial charge on any atom is -0.465 e. The summed E-state index contributed by atoms with van der Waals surface area (Å²) in [6.07, 6.45) is 26.8. The highest BCUT2D eigenvalue weighted by molar-refractivity contribution is 5.74. The molecule has 0 bridgehead atoms. The maximum atomic E-state index is 12.5. The Hall–Kier alpha value is -1.68. The molecule has 1 saturated carbocycles. The molecule has 0 spiro atoms. The summed E-state index contributed by atoms with van der Waals surface area (Å²) in [5.41, 5.74) is 2.01. The zero-order valence-electron chi connectivity index (χ0n) is 26.2. The van der Waals surface area contributed by atoms with Crippen LogP contribution in [0.1, 0.15) is 165 Å². The van der Waals surface area contributed by atoms with Gasteiger partial charge in [-0.25, -0.2) is 0 Å². The Morgan fingerprint density at radius 3 is 1.95 bits per heavy atom. The topological polar surface area (TPSA) is 46.6 Å². The number of carbonyl (C=O) groups is 2. The van der Waals surface area contributed by atoms with Crippen molar-refractivity contribution in [3.05, 3.63) is 35.4 Å². The van der Waals surface area contributed by atoms with Crippen LogP contribution in [0.4, 0.5) is 0 Å². The first kappa shape index (κ1) is 34.5. The normalized spacial score (nSPS) is 13.6. The van der Waals surface area contributed by atoms with E-state index in [4.69, 9.17) is 4.74 Å². The number of hydrogen-bond donors (Lipinski definition) is 0. The molecule has 0 heterocycles. The van der Waals surface area contributed by atoms with Gasteiger partial charge in [0.1, 0.15) is 6.29 Å². The first-order valence-corrected chi connectivity index (χ1v) is 17.1. The SMILES string of the molecule is CCCCCCCCC(CCCCCCCC)COC(=O)CCCCCN(Cc1ccc(C=O)cc1)C1CCC1. The molecule has 228 valence electrons. The summed E-state index contributed by atoms with van der Waals surface area (Å²) in [5.74, 6) is 0.542. The molecule has 0 atom stereocenters. The van der Waals surface area contributed by atoms with E-state index in [0.717, 1.165) is 44.2 Å². The van der Waals surface area contributed by atoms with Crippen LogP contribution in [-0.4, -0.2) is 36.3 Å². The van der Waals surface area contributed by atoms with Crippen LogP contribution in [0.2, 0.25) is 0 Å². The molecule has 1 aromatic carbocycles. The molecule has 1 aromatic rings. The first-order valence-electron chi connectivity index (χ1n) is 17.1. The minimum atomic E-state index is 0.00186. The van der Waals surface area contributed by atoms with Gasteiger partial charge >= 0.3 is 5.97 Å². The third-order valence-corrected chi connectivity index (χ3v) is 8.83. The second-order valence-corrected chi connectivity index (χ2v) is 12.4. The molecule has 0 aromatic heterocycles. The number of esters is 1. The number of ether oxygens (including phenoxy) is 1. The molecule has 4 heteroatoms. The molecular formula is C36H61NO3. The monoisotopic (exact) mass is 555 g/mol. The van der Waals surface area contributed by atoms with Gasteiger partial charge in [-0.3, -0.25) is 14.5 Å². The summed E-state index contributed by atoms with van der Waals surface area (Å²) in [6, 6.07) is 8.68. The van der Waals surface area contributed by atoms with E-state index < -0.39 is 0 Å². The lowest BCUT2D eigenvalue weighted by Crippen LogP contribution is -2.40. The first-order chi connectivity index (χ1) is 19.7. The molecular weight excluding hydrogens is 494 g/mol. The minimum absolute atomic E-state index is 0.00186. The lowest BCUT2D eigenvalue weighted by molar-refractivity contribution is -0.145. The van der Waals surface area contributed by atoms with Crippen molar-refractivity contribution in [2.75, 3.05) is 13.2 Å². The average molecular weight is 556 g/mol. The fourth-order valence-electron chi connectivity index (χ4n) is 5.86. The van der Waals surface area contributed by atoms with E-state index in [1.807, 2.05) is 12.1 Å². The third kappa shape index (κ3) is 15.9. The summed E-state index contributed by atoms with van der Waals surface area (Å²) >= 11 is 0. The number of hydrogen-bond acceptors (Lipinski definition) is 4. The Labute approximate surface area is 247 Å². The summed E-state index contributed by atoms with van der Waals surface area (Å²) in [6.45, 7) is 7.19. The van der Waals surface area contributed by atoms with Crippen molar-refractivity contribution in [2.45, 2.75) is 161 Å². The highest BCUT2D eigenvalue weighted by Crippen LogP contribution is 2.27. The Morgan fingerprint density at radius 2 is 1.40 bits per heavy atom. The van der Waals surface area contributed by atoms with Gasteiger partial charge in [0.05, 0.1) is 6.61 Å². The molecule has 4 nitrogen and oxygen atoms in total. The van der Waals surface area contributed by atoms with Crippen LogP contribution in [0, 0.1) is 5.92 Å². The number of benzene rings is 1. The smallest absolute Gasteiger partial charge is 0.305 e. The van der Waals surface area contributed by atoms with Crippen molar-refractivity contribution in [2.24, 2.45) is 5.92 Å². The number of nitrogens with zero attached hydrogens (tertiary/aromatic N) is 1. The van der Waals surface area contributed by atoms with Gasteiger partial charge in [-0.2, -0.15) is 0 Å². The quantitative estimate of drug-likeness (QED) is 0.0648. The van der Waals surface area contributed by atoms with E-state index in [-0.39, 0.29) is 5.97 Å². The summed E-state index contributed by atoms with van der Waals surface area (Å²) < 4.78 is 5.81. The fourth-order valence-corrected chi connectivity index (χ4v) is 5.86. The van der Waals surface area contributed by atoms with Crippen LogP contribution in [0.3, 0.4) is 0 Å². The second-order valence-electron chi connectivity index (χ2n) is 12.4. The molecule has 1 aliphatic carbocycles. The molecule has 0 amide bonds. The van der Waals surface area contributed by atoms with E-state index >= 15 is 0 Å². The van der Waals surface area contributed by atoms with Crippen molar-refractivity contribution in [1.82, 2.24) is 4.90 Å². The Balaban J connectivity index is 1.63. The molecule has 0 unspecified atom stereocenters. The summed E-state index contributed by atoms with van der Waals surface area (Å²) in [4.78, 5) is 26.1. The largest absolute Gasteiger partial charge is 0.465 e. The highest BCUT2D eigenvalue weighted by Gasteiger charge is 2.24. The van der Waals surface area contributed by atoms with Gasteiger partial charge in [0.2, 0.25) is 0 Å². The summed E-state index contributed by atoms with van der Waals surface area (Å²) in [7, 11) is 0. The van der Waals surface area contributed by atoms with Crippen molar-refractivity contribution in [3.63, 3.8) is 0 Å². The van der Waals surface area contributed by atoms with Crippen molar-refractivity contribution in [1.29, 1.82) is 0 Å². The van der Waals surface area contributed by atoms with Gasteiger partial charge in [-0.15, -0.1) is 0 Å². The van der Waals surface area contributed by atoms with Crippen LogP contribution >= 0.6 is 0 Å². The van der Waals surface area contributed by atoms with E-state index in [2.05, 4.69) is 30.9 Å².